The minimum absolute atomic E-state index is 0.0295. The fourth-order valence-electron chi connectivity index (χ4n) is 2.79. The van der Waals surface area contributed by atoms with Crippen molar-refractivity contribution in [3.8, 4) is 0 Å². The lowest BCUT2D eigenvalue weighted by Crippen LogP contribution is -2.43. The van der Waals surface area contributed by atoms with Gasteiger partial charge in [0.1, 0.15) is 18.2 Å². The zero-order valence-corrected chi connectivity index (χ0v) is 18.7. The van der Waals surface area contributed by atoms with Gasteiger partial charge in [0.25, 0.3) is 0 Å². The van der Waals surface area contributed by atoms with Crippen LogP contribution in [0.4, 0.5) is 28.2 Å². The lowest BCUT2D eigenvalue weighted by Gasteiger charge is -2.19. The summed E-state index contributed by atoms with van der Waals surface area (Å²) < 4.78 is 56.2. The predicted molar refractivity (Wildman–Crippen MR) is 118 cm³/mol. The van der Waals surface area contributed by atoms with Gasteiger partial charge in [0.05, 0.1) is 23.2 Å². The zero-order valence-electron chi connectivity index (χ0n) is 17.9. The summed E-state index contributed by atoms with van der Waals surface area (Å²) in [6.07, 6.45) is -3.94. The van der Waals surface area contributed by atoms with Crippen LogP contribution in [0.25, 0.3) is 0 Å². The molecule has 2 aromatic rings. The van der Waals surface area contributed by atoms with Crippen LogP contribution in [-0.2, 0) is 22.3 Å². The second-order valence-corrected chi connectivity index (χ2v) is 7.54. The number of pyridine rings is 1. The van der Waals surface area contributed by atoms with Crippen molar-refractivity contribution in [1.29, 1.82) is 0 Å². The molecule has 0 aliphatic heterocycles. The molecule has 13 heteroatoms. The Balaban J connectivity index is 1.80. The van der Waals surface area contributed by atoms with Gasteiger partial charge in [-0.05, 0) is 43.1 Å². The number of anilines is 1. The third kappa shape index (κ3) is 9.12. The zero-order chi connectivity index (χ0) is 25.1. The Morgan fingerprint density at radius 3 is 2.62 bits per heavy atom. The third-order valence-electron chi connectivity index (χ3n) is 4.49. The summed E-state index contributed by atoms with van der Waals surface area (Å²) in [7, 11) is 0. The molecule has 0 saturated heterocycles. The Labute approximate surface area is 198 Å². The Kier molecular flexibility index (Phi) is 10.5. The number of amides is 2. The monoisotopic (exact) mass is 505 g/mol. The van der Waals surface area contributed by atoms with Gasteiger partial charge in [-0.15, -0.1) is 0 Å². The van der Waals surface area contributed by atoms with E-state index < -0.39 is 35.6 Å². The molecule has 0 bridgehead atoms. The van der Waals surface area contributed by atoms with Crippen LogP contribution in [0.2, 0.25) is 5.02 Å². The average molecular weight is 506 g/mol. The number of alkyl halides is 3. The molecule has 0 aliphatic rings. The van der Waals surface area contributed by atoms with E-state index in [4.69, 9.17) is 22.1 Å². The summed E-state index contributed by atoms with van der Waals surface area (Å²) in [4.78, 5) is 27.7. The van der Waals surface area contributed by atoms with E-state index in [1.54, 1.807) is 6.07 Å². The van der Waals surface area contributed by atoms with Crippen LogP contribution in [0, 0.1) is 5.82 Å². The first kappa shape index (κ1) is 27.3. The molecule has 5 N–H and O–H groups in total. The van der Waals surface area contributed by atoms with Crippen molar-refractivity contribution in [2.24, 2.45) is 5.73 Å². The first-order valence-corrected chi connectivity index (χ1v) is 10.6. The highest BCUT2D eigenvalue weighted by molar-refractivity contribution is 6.31. The SMILES string of the molecule is NCCC[C@@H](COC(=O)Nc1ccc(C(F)(F)F)cn1)NC(=O)CNCc1cccc(F)c1Cl. The van der Waals surface area contributed by atoms with Crippen LogP contribution in [-0.4, -0.2) is 42.7 Å². The van der Waals surface area contributed by atoms with Crippen LogP contribution in [0.1, 0.15) is 24.0 Å². The van der Waals surface area contributed by atoms with Crippen LogP contribution >= 0.6 is 11.6 Å². The Morgan fingerprint density at radius 1 is 1.21 bits per heavy atom. The molecule has 186 valence electrons. The maximum Gasteiger partial charge on any atom is 0.417 e. The van der Waals surface area contributed by atoms with Gasteiger partial charge in [0.15, 0.2) is 0 Å². The molecule has 0 radical (unpaired) electrons. The number of ether oxygens (including phenoxy) is 1. The van der Waals surface area contributed by atoms with Crippen LogP contribution < -0.4 is 21.7 Å². The molecular weight excluding hydrogens is 482 g/mol. The molecule has 2 rings (SSSR count). The van der Waals surface area contributed by atoms with Crippen LogP contribution in [0.3, 0.4) is 0 Å². The van der Waals surface area contributed by atoms with Crippen molar-refractivity contribution < 1.29 is 31.9 Å². The molecule has 0 saturated carbocycles. The van der Waals surface area contributed by atoms with Gasteiger partial charge in [-0.1, -0.05) is 23.7 Å². The maximum atomic E-state index is 13.5. The van der Waals surface area contributed by atoms with E-state index in [1.807, 2.05) is 0 Å². The first-order chi connectivity index (χ1) is 16.1. The summed E-state index contributed by atoms with van der Waals surface area (Å²) in [5.41, 5.74) is 5.04. The normalized spacial score (nSPS) is 12.2. The van der Waals surface area contributed by atoms with E-state index in [9.17, 15) is 27.2 Å². The number of nitrogens with one attached hydrogen (secondary N) is 3. The molecule has 1 aromatic heterocycles. The van der Waals surface area contributed by atoms with Gasteiger partial charge in [-0.25, -0.2) is 14.2 Å². The smallest absolute Gasteiger partial charge is 0.417 e. The summed E-state index contributed by atoms with van der Waals surface area (Å²) in [6.45, 7) is 0.211. The number of nitrogens with zero attached hydrogens (tertiary/aromatic N) is 1. The van der Waals surface area contributed by atoms with E-state index >= 15 is 0 Å². The largest absolute Gasteiger partial charge is 0.447 e. The maximum absolute atomic E-state index is 13.5. The quantitative estimate of drug-likeness (QED) is 0.347. The lowest BCUT2D eigenvalue weighted by atomic mass is 10.1. The Bertz CT molecular complexity index is 960. The minimum Gasteiger partial charge on any atom is -0.447 e. The molecule has 8 nitrogen and oxygen atoms in total. The van der Waals surface area contributed by atoms with E-state index in [2.05, 4.69) is 20.9 Å². The lowest BCUT2D eigenvalue weighted by molar-refractivity contribution is -0.137. The minimum atomic E-state index is -4.54. The van der Waals surface area contributed by atoms with Crippen LogP contribution in [0.15, 0.2) is 36.5 Å². The molecule has 34 heavy (non-hydrogen) atoms. The number of rotatable bonds is 11. The molecule has 0 fully saturated rings. The number of carbonyl (C=O) groups excluding carboxylic acids is 2. The van der Waals surface area contributed by atoms with Gasteiger partial charge in [0.2, 0.25) is 5.91 Å². The van der Waals surface area contributed by atoms with Gasteiger partial charge >= 0.3 is 12.3 Å². The number of benzene rings is 1. The molecule has 1 heterocycles. The highest BCUT2D eigenvalue weighted by Gasteiger charge is 2.30. The standard InChI is InChI=1S/C21H24ClF4N5O3/c22-19-13(3-1-5-16(19)23)9-28-11-18(32)30-15(4-2-8-27)12-34-20(33)31-17-7-6-14(10-29-17)21(24,25)26/h1,3,5-7,10,15,28H,2,4,8-9,11-12,27H2,(H,30,32)(H,29,31,33)/t15-/m0/s1. The van der Waals surface area contributed by atoms with E-state index in [-0.39, 0.29) is 30.5 Å². The van der Waals surface area contributed by atoms with Crippen molar-refractivity contribution >= 4 is 29.4 Å². The Hall–Kier alpha value is -2.96. The number of aromatic nitrogens is 1. The molecular formula is C21H24ClF4N5O3. The highest BCUT2D eigenvalue weighted by Crippen LogP contribution is 2.28. The van der Waals surface area contributed by atoms with E-state index in [1.165, 1.54) is 12.1 Å². The molecule has 1 atom stereocenters. The fraction of sp³-hybridized carbons (Fsp3) is 0.381. The molecule has 2 amide bonds. The van der Waals surface area contributed by atoms with Gasteiger partial charge in [0, 0.05) is 12.7 Å². The second-order valence-electron chi connectivity index (χ2n) is 7.17. The summed E-state index contributed by atoms with van der Waals surface area (Å²) in [5.74, 6) is -1.09. The van der Waals surface area contributed by atoms with Crippen molar-refractivity contribution in [2.45, 2.75) is 31.6 Å². The number of hydrogen-bond donors (Lipinski definition) is 4. The predicted octanol–water partition coefficient (Wildman–Crippen LogP) is 3.45. The molecule has 0 spiro atoms. The Morgan fingerprint density at radius 2 is 1.97 bits per heavy atom. The number of nitrogens with two attached hydrogens (primary N) is 1. The summed E-state index contributed by atoms with van der Waals surface area (Å²) in [5, 5.41) is 7.73. The third-order valence-corrected chi connectivity index (χ3v) is 4.91. The molecule has 0 unspecified atom stereocenters. The van der Waals surface area contributed by atoms with Gasteiger partial charge < -0.3 is 21.1 Å². The van der Waals surface area contributed by atoms with Gasteiger partial charge in [-0.3, -0.25) is 10.1 Å². The van der Waals surface area contributed by atoms with Crippen molar-refractivity contribution in [2.75, 3.05) is 25.0 Å². The van der Waals surface area contributed by atoms with E-state index in [0.29, 0.717) is 31.1 Å². The summed E-state index contributed by atoms with van der Waals surface area (Å²) >= 11 is 5.87. The van der Waals surface area contributed by atoms with Gasteiger partial charge in [-0.2, -0.15) is 13.2 Å². The average Bonchev–Trinajstić information content (AvgIpc) is 2.78. The van der Waals surface area contributed by atoms with Crippen LogP contribution in [0.5, 0.6) is 0 Å². The number of carbonyl (C=O) groups is 2. The number of hydrogen-bond acceptors (Lipinski definition) is 6. The molecule has 1 aromatic carbocycles. The second kappa shape index (κ2) is 13.1. The van der Waals surface area contributed by atoms with Crippen molar-refractivity contribution in [3.05, 3.63) is 58.5 Å². The summed E-state index contributed by atoms with van der Waals surface area (Å²) in [6, 6.07) is 5.57. The van der Waals surface area contributed by atoms with Crippen molar-refractivity contribution in [1.82, 2.24) is 15.6 Å². The fourth-order valence-corrected chi connectivity index (χ4v) is 2.98. The topological polar surface area (TPSA) is 118 Å². The first-order valence-electron chi connectivity index (χ1n) is 10.2. The number of halogens is 5. The molecule has 0 aliphatic carbocycles. The van der Waals surface area contributed by atoms with E-state index in [0.717, 1.165) is 12.1 Å². The highest BCUT2D eigenvalue weighted by atomic mass is 35.5. The van der Waals surface area contributed by atoms with Crippen molar-refractivity contribution in [3.63, 3.8) is 0 Å².